The van der Waals surface area contributed by atoms with Crippen LogP contribution in [0.1, 0.15) is 42.7 Å². The highest BCUT2D eigenvalue weighted by atomic mass is 35.5. The Morgan fingerprint density at radius 1 is 1.42 bits per heavy atom. The van der Waals surface area contributed by atoms with Gasteiger partial charge in [0.05, 0.1) is 12.5 Å². The van der Waals surface area contributed by atoms with Crippen molar-refractivity contribution in [1.29, 1.82) is 0 Å². The molecule has 1 aromatic carbocycles. The van der Waals surface area contributed by atoms with Gasteiger partial charge in [0.15, 0.2) is 0 Å². The first kappa shape index (κ1) is 14.7. The first-order chi connectivity index (χ1) is 9.11. The molecule has 19 heavy (non-hydrogen) atoms. The normalized spacial score (nSPS) is 22.2. The molecular weight excluding hydrogens is 258 g/mol. The number of hydrogen-bond donors (Lipinski definition) is 0. The highest BCUT2D eigenvalue weighted by Crippen LogP contribution is 2.28. The zero-order valence-corrected chi connectivity index (χ0v) is 12.9. The minimum absolute atomic E-state index is 0.0603. The lowest BCUT2D eigenvalue weighted by Gasteiger charge is -2.34. The summed E-state index contributed by atoms with van der Waals surface area (Å²) >= 11 is 6.59. The number of piperidine rings is 1. The van der Waals surface area contributed by atoms with Crippen molar-refractivity contribution in [2.24, 2.45) is 0 Å². The molecule has 0 bridgehead atoms. The Morgan fingerprint density at radius 3 is 2.84 bits per heavy atom. The van der Waals surface area contributed by atoms with Gasteiger partial charge >= 0.3 is 0 Å². The zero-order valence-electron chi connectivity index (χ0n) is 12.2. The maximum absolute atomic E-state index is 6.59. The molecule has 3 heteroatoms. The van der Waals surface area contributed by atoms with Crippen LogP contribution in [0.25, 0.3) is 0 Å². The van der Waals surface area contributed by atoms with Gasteiger partial charge in [0.1, 0.15) is 5.75 Å². The minimum Gasteiger partial charge on any atom is -0.496 e. The van der Waals surface area contributed by atoms with Crippen molar-refractivity contribution in [1.82, 2.24) is 4.90 Å². The summed E-state index contributed by atoms with van der Waals surface area (Å²) in [5.74, 6) is 0.930. The smallest absolute Gasteiger partial charge is 0.121 e. The molecule has 2 unspecified atom stereocenters. The Morgan fingerprint density at radius 2 is 2.21 bits per heavy atom. The van der Waals surface area contributed by atoms with Gasteiger partial charge in [-0.3, -0.25) is 4.90 Å². The molecule has 0 aliphatic carbocycles. The Balaban J connectivity index is 2.02. The van der Waals surface area contributed by atoms with Gasteiger partial charge in [-0.2, -0.15) is 0 Å². The van der Waals surface area contributed by atoms with Gasteiger partial charge in [0, 0.05) is 12.6 Å². The summed E-state index contributed by atoms with van der Waals surface area (Å²) < 4.78 is 5.29. The number of ether oxygens (including phenoxy) is 1. The van der Waals surface area contributed by atoms with Crippen LogP contribution in [0.15, 0.2) is 18.2 Å². The van der Waals surface area contributed by atoms with E-state index < -0.39 is 0 Å². The van der Waals surface area contributed by atoms with Crippen molar-refractivity contribution in [2.75, 3.05) is 20.2 Å². The molecule has 2 nitrogen and oxygen atoms in total. The van der Waals surface area contributed by atoms with Crippen molar-refractivity contribution < 1.29 is 4.74 Å². The summed E-state index contributed by atoms with van der Waals surface area (Å²) in [7, 11) is 1.70. The third-order valence-corrected chi connectivity index (χ3v) is 4.51. The van der Waals surface area contributed by atoms with Gasteiger partial charge < -0.3 is 4.74 Å². The summed E-state index contributed by atoms with van der Waals surface area (Å²) in [6, 6.07) is 6.90. The summed E-state index contributed by atoms with van der Waals surface area (Å²) in [5.41, 5.74) is 2.34. The second-order valence-corrected chi connectivity index (χ2v) is 6.06. The fraction of sp³-hybridized carbons (Fsp3) is 0.625. The highest BCUT2D eigenvalue weighted by molar-refractivity contribution is 6.21. The standard InChI is InChI=1S/C16H24ClNO/c1-12-10-14(7-8-16(12)19-3)15(17)11-18-9-5-4-6-13(18)2/h7-8,10,13,15H,4-6,9,11H2,1-3H3. The molecule has 2 rings (SSSR count). The van der Waals surface area contributed by atoms with E-state index in [-0.39, 0.29) is 5.38 Å². The van der Waals surface area contributed by atoms with Crippen LogP contribution in [0.3, 0.4) is 0 Å². The lowest BCUT2D eigenvalue weighted by Crippen LogP contribution is -2.39. The predicted molar refractivity (Wildman–Crippen MR) is 81.2 cm³/mol. The number of alkyl halides is 1. The Hall–Kier alpha value is -0.730. The number of methoxy groups -OCH3 is 1. The lowest BCUT2D eigenvalue weighted by molar-refractivity contribution is 0.161. The predicted octanol–water partition coefficient (Wildman–Crippen LogP) is 4.16. The highest BCUT2D eigenvalue weighted by Gasteiger charge is 2.21. The average Bonchev–Trinajstić information content (AvgIpc) is 2.41. The van der Waals surface area contributed by atoms with E-state index in [0.717, 1.165) is 17.9 Å². The van der Waals surface area contributed by atoms with E-state index >= 15 is 0 Å². The third kappa shape index (κ3) is 3.64. The molecule has 0 amide bonds. The third-order valence-electron chi connectivity index (χ3n) is 4.12. The number of nitrogens with zero attached hydrogens (tertiary/aromatic N) is 1. The van der Waals surface area contributed by atoms with Crippen LogP contribution >= 0.6 is 11.6 Å². The summed E-state index contributed by atoms with van der Waals surface area (Å²) in [5, 5.41) is 0.0603. The number of halogens is 1. The van der Waals surface area contributed by atoms with Gasteiger partial charge in [-0.05, 0) is 50.4 Å². The van der Waals surface area contributed by atoms with Crippen molar-refractivity contribution >= 4 is 11.6 Å². The van der Waals surface area contributed by atoms with Gasteiger partial charge in [0.25, 0.3) is 0 Å². The Bertz CT molecular complexity index is 421. The topological polar surface area (TPSA) is 12.5 Å². The van der Waals surface area contributed by atoms with Crippen LogP contribution in [0.2, 0.25) is 0 Å². The summed E-state index contributed by atoms with van der Waals surface area (Å²) in [6.07, 6.45) is 3.95. The van der Waals surface area contributed by atoms with E-state index in [0.29, 0.717) is 6.04 Å². The number of rotatable bonds is 4. The Kier molecular flexibility index (Phi) is 5.12. The summed E-state index contributed by atoms with van der Waals surface area (Å²) in [4.78, 5) is 2.51. The molecule has 2 atom stereocenters. The number of likely N-dealkylation sites (tertiary alicyclic amines) is 1. The van der Waals surface area contributed by atoms with Gasteiger partial charge in [-0.15, -0.1) is 11.6 Å². The first-order valence-electron chi connectivity index (χ1n) is 7.14. The van der Waals surface area contributed by atoms with Gasteiger partial charge in [0.2, 0.25) is 0 Å². The second-order valence-electron chi connectivity index (χ2n) is 5.54. The van der Waals surface area contributed by atoms with Crippen molar-refractivity contribution in [3.8, 4) is 5.75 Å². The van der Waals surface area contributed by atoms with Gasteiger partial charge in [-0.1, -0.05) is 18.6 Å². The number of hydrogen-bond acceptors (Lipinski definition) is 2. The Labute approximate surface area is 121 Å². The molecule has 0 radical (unpaired) electrons. The fourth-order valence-corrected chi connectivity index (χ4v) is 3.15. The molecule has 0 spiro atoms. The van der Waals surface area contributed by atoms with E-state index in [1.165, 1.54) is 31.4 Å². The van der Waals surface area contributed by atoms with Crippen LogP contribution in [-0.2, 0) is 0 Å². The van der Waals surface area contributed by atoms with Crippen molar-refractivity contribution in [3.63, 3.8) is 0 Å². The second kappa shape index (κ2) is 6.62. The molecule has 1 saturated heterocycles. The average molecular weight is 282 g/mol. The first-order valence-corrected chi connectivity index (χ1v) is 7.58. The summed E-state index contributed by atoms with van der Waals surface area (Å²) in [6.45, 7) is 6.49. The minimum atomic E-state index is 0.0603. The zero-order chi connectivity index (χ0) is 13.8. The maximum atomic E-state index is 6.59. The fourth-order valence-electron chi connectivity index (χ4n) is 2.84. The molecule has 1 aliphatic heterocycles. The lowest BCUT2D eigenvalue weighted by atomic mass is 10.0. The SMILES string of the molecule is COc1ccc(C(Cl)CN2CCCCC2C)cc1C. The molecule has 1 aromatic rings. The van der Waals surface area contributed by atoms with E-state index in [1.807, 2.05) is 6.07 Å². The molecule has 0 saturated carbocycles. The van der Waals surface area contributed by atoms with Crippen LogP contribution in [-0.4, -0.2) is 31.1 Å². The van der Waals surface area contributed by atoms with Gasteiger partial charge in [-0.25, -0.2) is 0 Å². The van der Waals surface area contributed by atoms with E-state index in [4.69, 9.17) is 16.3 Å². The quantitative estimate of drug-likeness (QED) is 0.769. The van der Waals surface area contributed by atoms with Crippen LogP contribution < -0.4 is 4.74 Å². The monoisotopic (exact) mass is 281 g/mol. The molecule has 1 fully saturated rings. The van der Waals surface area contributed by atoms with Crippen LogP contribution in [0.5, 0.6) is 5.75 Å². The van der Waals surface area contributed by atoms with E-state index in [2.05, 4.69) is 30.9 Å². The van der Waals surface area contributed by atoms with E-state index in [1.54, 1.807) is 7.11 Å². The molecular formula is C16H24ClNO. The van der Waals surface area contributed by atoms with Crippen molar-refractivity contribution in [3.05, 3.63) is 29.3 Å². The number of aryl methyl sites for hydroxylation is 1. The van der Waals surface area contributed by atoms with Crippen molar-refractivity contribution in [2.45, 2.75) is 44.5 Å². The molecule has 0 aromatic heterocycles. The van der Waals surface area contributed by atoms with E-state index in [9.17, 15) is 0 Å². The maximum Gasteiger partial charge on any atom is 0.121 e. The largest absolute Gasteiger partial charge is 0.496 e. The molecule has 0 N–H and O–H groups in total. The van der Waals surface area contributed by atoms with Crippen LogP contribution in [0, 0.1) is 6.92 Å². The number of benzene rings is 1. The molecule has 106 valence electrons. The van der Waals surface area contributed by atoms with Crippen LogP contribution in [0.4, 0.5) is 0 Å². The molecule has 1 aliphatic rings. The molecule has 1 heterocycles.